The zero-order valence-electron chi connectivity index (χ0n) is 8.00. The van der Waals surface area contributed by atoms with Crippen LogP contribution in [0, 0.1) is 0 Å². The van der Waals surface area contributed by atoms with E-state index >= 15 is 0 Å². The molecule has 0 aliphatic rings. The number of primary sulfonamides is 1. The molecule has 0 fully saturated rings. The van der Waals surface area contributed by atoms with Crippen molar-refractivity contribution in [2.75, 3.05) is 19.5 Å². The molecule has 0 unspecified atom stereocenters. The van der Waals surface area contributed by atoms with E-state index in [1.807, 2.05) is 0 Å². The molecule has 86 valence electrons. The summed E-state index contributed by atoms with van der Waals surface area (Å²) in [5.41, 5.74) is 0. The predicted molar refractivity (Wildman–Crippen MR) is 50.1 cm³/mol. The third-order valence-electron chi connectivity index (χ3n) is 1.17. The molecule has 0 radical (unpaired) electrons. The minimum Gasteiger partial charge on any atom is -0.466 e. The first-order valence-electron chi connectivity index (χ1n) is 3.78. The monoisotopic (exact) mass is 237 g/mol. The fourth-order valence-corrected chi connectivity index (χ4v) is 0.826. The summed E-state index contributed by atoms with van der Waals surface area (Å²) < 4.78 is 29.5. The van der Waals surface area contributed by atoms with E-state index in [9.17, 15) is 18.0 Å². The van der Waals surface area contributed by atoms with Gasteiger partial charge < -0.3 is 9.47 Å². The Balaban J connectivity index is 3.86. The normalized spacial score (nSPS) is 11.3. The third kappa shape index (κ3) is 8.91. The second-order valence-corrected chi connectivity index (χ2v) is 4.12. The zero-order valence-corrected chi connectivity index (χ0v) is 8.82. The molecule has 8 heteroatoms. The first-order chi connectivity index (χ1) is 6.85. The van der Waals surface area contributed by atoms with Gasteiger partial charge in [0.05, 0.1) is 12.9 Å². The molecule has 0 amide bonds. The molecule has 0 spiro atoms. The Morgan fingerprint density at radius 1 is 1.27 bits per heavy atom. The number of nitrogens with two attached hydrogens (primary N) is 1. The second kappa shape index (κ2) is 6.14. The number of sulfonamides is 1. The van der Waals surface area contributed by atoms with Gasteiger partial charge in [-0.15, -0.1) is 0 Å². The fraction of sp³-hybridized carbons (Fsp3) is 0.429. The Hall–Kier alpha value is -1.41. The Morgan fingerprint density at radius 3 is 2.27 bits per heavy atom. The van der Waals surface area contributed by atoms with Crippen molar-refractivity contribution in [3.63, 3.8) is 0 Å². The first-order valence-corrected chi connectivity index (χ1v) is 5.50. The number of hydrogen-bond acceptors (Lipinski definition) is 6. The van der Waals surface area contributed by atoms with Gasteiger partial charge in [-0.25, -0.2) is 23.1 Å². The van der Waals surface area contributed by atoms with Gasteiger partial charge in [0, 0.05) is 12.2 Å². The molecule has 7 nitrogen and oxygen atoms in total. The Labute approximate surface area is 86.9 Å². The average Bonchev–Trinajstić information content (AvgIpc) is 2.12. The van der Waals surface area contributed by atoms with Gasteiger partial charge in [-0.05, 0) is 0 Å². The van der Waals surface area contributed by atoms with Crippen molar-refractivity contribution in [1.82, 2.24) is 0 Å². The molecule has 0 atom stereocenters. The largest absolute Gasteiger partial charge is 0.466 e. The quantitative estimate of drug-likeness (QED) is 0.462. The first kappa shape index (κ1) is 13.6. The van der Waals surface area contributed by atoms with Gasteiger partial charge in [0.1, 0.15) is 6.61 Å². The van der Waals surface area contributed by atoms with Crippen molar-refractivity contribution in [3.05, 3.63) is 12.2 Å². The minimum atomic E-state index is -3.65. The summed E-state index contributed by atoms with van der Waals surface area (Å²) in [4.78, 5) is 21.3. The lowest BCUT2D eigenvalue weighted by molar-refractivity contribution is -0.138. The Kier molecular flexibility index (Phi) is 5.57. The van der Waals surface area contributed by atoms with E-state index in [0.717, 1.165) is 19.3 Å². The van der Waals surface area contributed by atoms with Crippen LogP contribution in [0.3, 0.4) is 0 Å². The van der Waals surface area contributed by atoms with E-state index in [1.165, 1.54) is 0 Å². The highest BCUT2D eigenvalue weighted by Gasteiger charge is 2.04. The Bertz CT molecular complexity index is 358. The Morgan fingerprint density at radius 2 is 1.80 bits per heavy atom. The minimum absolute atomic E-state index is 0.358. The van der Waals surface area contributed by atoms with E-state index in [-0.39, 0.29) is 6.61 Å². The van der Waals surface area contributed by atoms with Crippen LogP contribution in [0.4, 0.5) is 0 Å². The summed E-state index contributed by atoms with van der Waals surface area (Å²) in [6.07, 6.45) is 1.69. The van der Waals surface area contributed by atoms with Crippen LogP contribution in [0.2, 0.25) is 0 Å². The molecule has 0 rings (SSSR count). The van der Waals surface area contributed by atoms with Crippen molar-refractivity contribution in [2.24, 2.45) is 5.14 Å². The lowest BCUT2D eigenvalue weighted by atomic mass is 10.5. The number of ether oxygens (including phenoxy) is 2. The highest BCUT2D eigenvalue weighted by atomic mass is 32.2. The SMILES string of the molecule is COC(=O)/C=C/C(=O)OCCS(N)(=O)=O. The smallest absolute Gasteiger partial charge is 0.331 e. The lowest BCUT2D eigenvalue weighted by Gasteiger charge is -1.99. The van der Waals surface area contributed by atoms with Crippen LogP contribution in [0.15, 0.2) is 12.2 Å². The molecule has 0 heterocycles. The molecule has 2 N–H and O–H groups in total. The molecule has 0 aliphatic heterocycles. The van der Waals surface area contributed by atoms with Crippen molar-refractivity contribution in [2.45, 2.75) is 0 Å². The summed E-state index contributed by atoms with van der Waals surface area (Å²) in [6.45, 7) is -0.358. The molecule has 0 aromatic carbocycles. The van der Waals surface area contributed by atoms with Crippen molar-refractivity contribution in [3.8, 4) is 0 Å². The zero-order chi connectivity index (χ0) is 11.9. The maximum atomic E-state index is 10.8. The average molecular weight is 237 g/mol. The summed E-state index contributed by atoms with van der Waals surface area (Å²) in [5.74, 6) is -2.02. The van der Waals surface area contributed by atoms with Crippen molar-refractivity contribution in [1.29, 1.82) is 0 Å². The van der Waals surface area contributed by atoms with Crippen LogP contribution >= 0.6 is 0 Å². The van der Waals surface area contributed by atoms with Crippen molar-refractivity contribution >= 4 is 22.0 Å². The van der Waals surface area contributed by atoms with Gasteiger partial charge in [0.15, 0.2) is 0 Å². The summed E-state index contributed by atoms with van der Waals surface area (Å²) in [7, 11) is -2.50. The maximum Gasteiger partial charge on any atom is 0.331 e. The van der Waals surface area contributed by atoms with Gasteiger partial charge in [-0.3, -0.25) is 0 Å². The summed E-state index contributed by atoms with van der Waals surface area (Å²) in [5, 5.41) is 4.65. The number of carbonyl (C=O) groups is 2. The van der Waals surface area contributed by atoms with Crippen LogP contribution in [0.5, 0.6) is 0 Å². The van der Waals surface area contributed by atoms with Crippen LogP contribution in [0.25, 0.3) is 0 Å². The van der Waals surface area contributed by atoms with E-state index in [0.29, 0.717) is 0 Å². The molecular formula is C7H11NO6S. The third-order valence-corrected chi connectivity index (χ3v) is 1.90. The standard InChI is InChI=1S/C7H11NO6S/c1-13-6(9)2-3-7(10)14-4-5-15(8,11)12/h2-3H,4-5H2,1H3,(H2,8,11,12)/b3-2+. The number of carbonyl (C=O) groups excluding carboxylic acids is 2. The molecule has 0 saturated carbocycles. The molecular weight excluding hydrogens is 226 g/mol. The molecule has 0 aromatic heterocycles. The van der Waals surface area contributed by atoms with E-state index in [1.54, 1.807) is 0 Å². The maximum absolute atomic E-state index is 10.8. The number of hydrogen-bond donors (Lipinski definition) is 1. The molecule has 0 saturated heterocycles. The van der Waals surface area contributed by atoms with Crippen LogP contribution < -0.4 is 5.14 Å². The van der Waals surface area contributed by atoms with Gasteiger partial charge in [-0.2, -0.15) is 0 Å². The highest BCUT2D eigenvalue weighted by molar-refractivity contribution is 7.89. The lowest BCUT2D eigenvalue weighted by Crippen LogP contribution is -2.21. The molecule has 0 aliphatic carbocycles. The summed E-state index contributed by atoms with van der Waals surface area (Å²) >= 11 is 0. The van der Waals surface area contributed by atoms with E-state index in [2.05, 4.69) is 14.6 Å². The van der Waals surface area contributed by atoms with Gasteiger partial charge in [0.2, 0.25) is 10.0 Å². The predicted octanol–water partition coefficient (Wildman–Crippen LogP) is -1.45. The van der Waals surface area contributed by atoms with Gasteiger partial charge >= 0.3 is 11.9 Å². The van der Waals surface area contributed by atoms with E-state index < -0.39 is 27.7 Å². The summed E-state index contributed by atoms with van der Waals surface area (Å²) in [6, 6.07) is 0. The number of esters is 2. The number of methoxy groups -OCH3 is 1. The van der Waals surface area contributed by atoms with Gasteiger partial charge in [0.25, 0.3) is 0 Å². The van der Waals surface area contributed by atoms with Crippen LogP contribution in [-0.2, 0) is 29.1 Å². The second-order valence-electron chi connectivity index (χ2n) is 2.39. The van der Waals surface area contributed by atoms with E-state index in [4.69, 9.17) is 0 Å². The highest BCUT2D eigenvalue weighted by Crippen LogP contribution is 1.86. The van der Waals surface area contributed by atoms with Gasteiger partial charge in [-0.1, -0.05) is 0 Å². The topological polar surface area (TPSA) is 113 Å². The van der Waals surface area contributed by atoms with Crippen LogP contribution in [-0.4, -0.2) is 39.8 Å². The number of rotatable bonds is 5. The molecule has 0 bridgehead atoms. The van der Waals surface area contributed by atoms with Crippen LogP contribution in [0.1, 0.15) is 0 Å². The fourth-order valence-electron chi connectivity index (χ4n) is 0.511. The van der Waals surface area contributed by atoms with Crippen molar-refractivity contribution < 1.29 is 27.5 Å². The molecule has 15 heavy (non-hydrogen) atoms. The molecule has 0 aromatic rings.